The Morgan fingerprint density at radius 2 is 1.96 bits per heavy atom. The lowest BCUT2D eigenvalue weighted by Crippen LogP contribution is -2.49. The maximum Gasteiger partial charge on any atom is 0.336 e. The molecule has 9 heteroatoms. The van der Waals surface area contributed by atoms with Gasteiger partial charge in [0.2, 0.25) is 5.91 Å². The predicted octanol–water partition coefficient (Wildman–Crippen LogP) is 1.04. The number of benzene rings is 1. The Kier molecular flexibility index (Phi) is 7.42. The fourth-order valence-corrected chi connectivity index (χ4v) is 3.06. The van der Waals surface area contributed by atoms with Crippen LogP contribution in [0.3, 0.4) is 0 Å². The number of ether oxygens (including phenoxy) is 1. The van der Waals surface area contributed by atoms with Gasteiger partial charge in [0.1, 0.15) is 11.8 Å². The van der Waals surface area contributed by atoms with Gasteiger partial charge in [0.05, 0.1) is 3.57 Å². The first-order chi connectivity index (χ1) is 12.7. The van der Waals surface area contributed by atoms with Crippen molar-refractivity contribution in [1.82, 2.24) is 10.6 Å². The van der Waals surface area contributed by atoms with Crippen LogP contribution in [-0.2, 0) is 25.5 Å². The van der Waals surface area contributed by atoms with Crippen molar-refractivity contribution in [3.63, 3.8) is 0 Å². The van der Waals surface area contributed by atoms with Gasteiger partial charge < -0.3 is 25.6 Å². The molecule has 8 nitrogen and oxygen atoms in total. The highest BCUT2D eigenvalue weighted by Crippen LogP contribution is 2.23. The standard InChI is InChI=1S/C18H23IN2O6/c1-9(2)5-6-20-16(23)12(8-10-3-4-13(22)11(19)7-10)21-17(24)14-15(27-14)18(25)26/h3-4,7,9,12,14-15,22H,5-6,8H2,1-2H3,(H,20,23)(H,21,24)(H,25,26)/t12-,14+,15+/m0/s1. The molecule has 1 aromatic carbocycles. The van der Waals surface area contributed by atoms with Gasteiger partial charge in [-0.2, -0.15) is 0 Å². The average molecular weight is 490 g/mol. The molecule has 0 bridgehead atoms. The Labute approximate surface area is 170 Å². The number of phenolic OH excluding ortho intramolecular Hbond substituents is 1. The van der Waals surface area contributed by atoms with Crippen molar-refractivity contribution in [3.05, 3.63) is 27.3 Å². The first kappa shape index (κ1) is 21.4. The third-order valence-electron chi connectivity index (χ3n) is 4.10. The lowest BCUT2D eigenvalue weighted by atomic mass is 10.0. The van der Waals surface area contributed by atoms with Gasteiger partial charge in [-0.15, -0.1) is 0 Å². The average Bonchev–Trinajstić information content (AvgIpc) is 3.38. The van der Waals surface area contributed by atoms with Crippen LogP contribution in [0.25, 0.3) is 0 Å². The van der Waals surface area contributed by atoms with Crippen molar-refractivity contribution in [1.29, 1.82) is 0 Å². The lowest BCUT2D eigenvalue weighted by molar-refractivity contribution is -0.138. The molecule has 1 heterocycles. The van der Waals surface area contributed by atoms with Crippen LogP contribution in [0.2, 0.25) is 0 Å². The van der Waals surface area contributed by atoms with Crippen molar-refractivity contribution in [2.45, 2.75) is 44.9 Å². The topological polar surface area (TPSA) is 128 Å². The number of hydrogen-bond donors (Lipinski definition) is 4. The maximum atomic E-state index is 12.5. The summed E-state index contributed by atoms with van der Waals surface area (Å²) >= 11 is 1.98. The van der Waals surface area contributed by atoms with Gasteiger partial charge in [0.25, 0.3) is 5.91 Å². The van der Waals surface area contributed by atoms with E-state index in [0.717, 1.165) is 12.0 Å². The monoisotopic (exact) mass is 490 g/mol. The number of hydrogen-bond acceptors (Lipinski definition) is 5. The van der Waals surface area contributed by atoms with Crippen LogP contribution in [0.5, 0.6) is 5.75 Å². The van der Waals surface area contributed by atoms with E-state index in [1.807, 2.05) is 36.4 Å². The molecule has 0 aromatic heterocycles. The number of phenols is 1. The van der Waals surface area contributed by atoms with Crippen molar-refractivity contribution in [3.8, 4) is 5.75 Å². The van der Waals surface area contributed by atoms with E-state index in [1.165, 1.54) is 6.07 Å². The largest absolute Gasteiger partial charge is 0.507 e. The molecule has 0 spiro atoms. The summed E-state index contributed by atoms with van der Waals surface area (Å²) in [5.74, 6) is -1.62. The molecule has 2 rings (SSSR count). The first-order valence-electron chi connectivity index (χ1n) is 8.62. The summed E-state index contributed by atoms with van der Waals surface area (Å²) in [5.41, 5.74) is 0.757. The molecule has 1 aliphatic heterocycles. The summed E-state index contributed by atoms with van der Waals surface area (Å²) in [4.78, 5) is 35.6. The molecule has 1 aliphatic rings. The van der Waals surface area contributed by atoms with Crippen LogP contribution in [0.1, 0.15) is 25.8 Å². The quantitative estimate of drug-likeness (QED) is 0.303. The van der Waals surface area contributed by atoms with Crippen LogP contribution >= 0.6 is 22.6 Å². The zero-order valence-corrected chi connectivity index (χ0v) is 17.2. The minimum Gasteiger partial charge on any atom is -0.507 e. The zero-order valence-electron chi connectivity index (χ0n) is 15.1. The van der Waals surface area contributed by atoms with E-state index in [1.54, 1.807) is 12.1 Å². The third kappa shape index (κ3) is 6.35. The Morgan fingerprint density at radius 1 is 1.26 bits per heavy atom. The van der Waals surface area contributed by atoms with E-state index in [4.69, 9.17) is 9.84 Å². The van der Waals surface area contributed by atoms with Crippen molar-refractivity contribution in [2.24, 2.45) is 5.92 Å². The third-order valence-corrected chi connectivity index (χ3v) is 4.96. The molecule has 1 aromatic rings. The van der Waals surface area contributed by atoms with Gasteiger partial charge in [-0.25, -0.2) is 4.79 Å². The van der Waals surface area contributed by atoms with Crippen molar-refractivity contribution < 1.29 is 29.3 Å². The lowest BCUT2D eigenvalue weighted by Gasteiger charge is -2.19. The summed E-state index contributed by atoms with van der Waals surface area (Å²) in [6, 6.07) is 4.05. The summed E-state index contributed by atoms with van der Waals surface area (Å²) in [7, 11) is 0. The molecule has 1 saturated heterocycles. The molecule has 27 heavy (non-hydrogen) atoms. The molecule has 2 amide bonds. The van der Waals surface area contributed by atoms with Crippen LogP contribution in [0.4, 0.5) is 0 Å². The SMILES string of the molecule is CC(C)CCNC(=O)[C@H](Cc1ccc(O)c(I)c1)NC(=O)[C@@H]1O[C@H]1C(=O)O. The number of carboxylic acid groups (broad SMARTS) is 1. The zero-order chi connectivity index (χ0) is 20.1. The Hall–Kier alpha value is -1.88. The molecule has 148 valence electrons. The van der Waals surface area contributed by atoms with E-state index in [9.17, 15) is 19.5 Å². The smallest absolute Gasteiger partial charge is 0.336 e. The summed E-state index contributed by atoms with van der Waals surface area (Å²) in [6.45, 7) is 4.56. The van der Waals surface area contributed by atoms with Gasteiger partial charge in [-0.1, -0.05) is 19.9 Å². The minimum atomic E-state index is -1.21. The Balaban J connectivity index is 2.05. The van der Waals surface area contributed by atoms with E-state index in [2.05, 4.69) is 10.6 Å². The van der Waals surface area contributed by atoms with Gasteiger partial charge in [-0.3, -0.25) is 9.59 Å². The number of nitrogens with one attached hydrogen (secondary N) is 2. The van der Waals surface area contributed by atoms with Crippen molar-refractivity contribution >= 4 is 40.4 Å². The number of aromatic hydroxyl groups is 1. The van der Waals surface area contributed by atoms with E-state index in [-0.39, 0.29) is 18.1 Å². The summed E-state index contributed by atoms with van der Waals surface area (Å²) in [5, 5.41) is 23.9. The number of carbonyl (C=O) groups excluding carboxylic acids is 2. The Bertz CT molecular complexity index is 724. The van der Waals surface area contributed by atoms with Gasteiger partial charge in [-0.05, 0) is 52.6 Å². The van der Waals surface area contributed by atoms with E-state index in [0.29, 0.717) is 16.0 Å². The fraction of sp³-hybridized carbons (Fsp3) is 0.500. The molecule has 0 aliphatic carbocycles. The highest BCUT2D eigenvalue weighted by Gasteiger charge is 2.51. The number of amides is 2. The maximum absolute atomic E-state index is 12.5. The second kappa shape index (κ2) is 9.36. The number of aliphatic carboxylic acids is 1. The van der Waals surface area contributed by atoms with Crippen molar-refractivity contribution in [2.75, 3.05) is 6.54 Å². The van der Waals surface area contributed by atoms with Crippen LogP contribution in [-0.4, -0.2) is 52.8 Å². The molecule has 3 atom stereocenters. The van der Waals surface area contributed by atoms with Gasteiger partial charge in [0, 0.05) is 13.0 Å². The number of epoxide rings is 1. The molecular formula is C18H23IN2O6. The number of halogens is 1. The summed E-state index contributed by atoms with van der Waals surface area (Å²) in [6.07, 6.45) is -1.23. The number of carbonyl (C=O) groups is 3. The van der Waals surface area contributed by atoms with Crippen LogP contribution < -0.4 is 10.6 Å². The molecule has 1 fully saturated rings. The minimum absolute atomic E-state index is 0.136. The second-order valence-corrected chi connectivity index (χ2v) is 8.00. The van der Waals surface area contributed by atoms with Gasteiger partial charge >= 0.3 is 5.97 Å². The van der Waals surface area contributed by atoms with Gasteiger partial charge in [0.15, 0.2) is 12.2 Å². The molecule has 0 radical (unpaired) electrons. The molecular weight excluding hydrogens is 467 g/mol. The number of rotatable bonds is 9. The molecule has 4 N–H and O–H groups in total. The predicted molar refractivity (Wildman–Crippen MR) is 105 cm³/mol. The Morgan fingerprint density at radius 3 is 2.52 bits per heavy atom. The van der Waals surface area contributed by atoms with Crippen LogP contribution in [0, 0.1) is 9.49 Å². The fourth-order valence-electron chi connectivity index (χ4n) is 2.48. The summed E-state index contributed by atoms with van der Waals surface area (Å²) < 4.78 is 5.47. The second-order valence-electron chi connectivity index (χ2n) is 6.84. The number of carboxylic acids is 1. The highest BCUT2D eigenvalue weighted by atomic mass is 127. The molecule has 0 unspecified atom stereocenters. The molecule has 0 saturated carbocycles. The highest BCUT2D eigenvalue weighted by molar-refractivity contribution is 14.1. The normalized spacial score (nSPS) is 19.4. The van der Waals surface area contributed by atoms with E-state index >= 15 is 0 Å². The van der Waals surface area contributed by atoms with Crippen LogP contribution in [0.15, 0.2) is 18.2 Å². The first-order valence-corrected chi connectivity index (χ1v) is 9.70. The van der Waals surface area contributed by atoms with E-state index < -0.39 is 30.1 Å².